The van der Waals surface area contributed by atoms with Crippen LogP contribution in [0.1, 0.15) is 101 Å². The van der Waals surface area contributed by atoms with Crippen LogP contribution in [0.5, 0.6) is 0 Å². The third-order valence-electron chi connectivity index (χ3n) is 7.34. The molecule has 1 aliphatic rings. The first-order valence-corrected chi connectivity index (χ1v) is 14.7. The normalized spacial score (nSPS) is 15.3. The molecule has 2 N–H and O–H groups in total. The molecule has 0 radical (unpaired) electrons. The van der Waals surface area contributed by atoms with Gasteiger partial charge in [0.25, 0.3) is 11.8 Å². The van der Waals surface area contributed by atoms with E-state index in [4.69, 9.17) is 9.15 Å². The summed E-state index contributed by atoms with van der Waals surface area (Å²) in [4.78, 5) is 60.6. The van der Waals surface area contributed by atoms with E-state index in [2.05, 4.69) is 22.2 Å². The topological polar surface area (TPSA) is 135 Å². The second-order valence-corrected chi connectivity index (χ2v) is 11.1. The first-order chi connectivity index (χ1) is 19.7. The van der Waals surface area contributed by atoms with Crippen LogP contribution in [-0.2, 0) is 20.7 Å². The van der Waals surface area contributed by atoms with Crippen LogP contribution in [0.15, 0.2) is 40.8 Å². The number of Topliss-reactive ketones (excluding diaryl/α,β-unsaturated/α-hetero) is 1. The van der Waals surface area contributed by atoms with E-state index in [1.807, 2.05) is 6.07 Å². The molecule has 1 aromatic carbocycles. The molecule has 0 aliphatic carbocycles. The molecular formula is C31H40N4O6. The highest BCUT2D eigenvalue weighted by atomic mass is 16.6. The number of fused-ring (bicyclic) bond motifs is 1. The van der Waals surface area contributed by atoms with E-state index < -0.39 is 35.3 Å². The average molecular weight is 565 g/mol. The highest BCUT2D eigenvalue weighted by molar-refractivity contribution is 6.21. The lowest BCUT2D eigenvalue weighted by Crippen LogP contribution is -2.53. The Bertz CT molecular complexity index is 1340. The number of rotatable bonds is 16. The number of cyclic esters (lactones) is 1. The molecule has 10 heteroatoms. The number of benzene rings is 1. The number of unbranched alkanes of at least 4 members (excludes halogenated alkanes) is 9. The number of hydrogen-bond donors (Lipinski definition) is 2. The Morgan fingerprint density at radius 2 is 1.61 bits per heavy atom. The highest BCUT2D eigenvalue weighted by Gasteiger charge is 2.54. The van der Waals surface area contributed by atoms with Crippen molar-refractivity contribution in [2.24, 2.45) is 0 Å². The summed E-state index contributed by atoms with van der Waals surface area (Å²) in [6.45, 7) is 5.04. The van der Waals surface area contributed by atoms with Gasteiger partial charge in [-0.2, -0.15) is 0 Å². The first kappa shape index (κ1) is 30.0. The Labute approximate surface area is 240 Å². The number of ether oxygens (including phenoxy) is 1. The van der Waals surface area contributed by atoms with Gasteiger partial charge in [-0.05, 0) is 44.5 Å². The number of hydrogen-bond acceptors (Lipinski definition) is 7. The number of furan rings is 1. The van der Waals surface area contributed by atoms with Gasteiger partial charge >= 0.3 is 6.09 Å². The molecule has 1 fully saturated rings. The SMILES string of the molecule is CCCCCCCCCCCCc1ccc(C(=O)C(C(=O)Nc2nc3ccccc3[nH]2)N2C(=O)OC(C)(C)C2=O)o1. The lowest BCUT2D eigenvalue weighted by molar-refractivity contribution is -0.137. The summed E-state index contributed by atoms with van der Waals surface area (Å²) < 4.78 is 11.0. The van der Waals surface area contributed by atoms with Crippen molar-refractivity contribution in [3.05, 3.63) is 47.9 Å². The number of carbonyl (C=O) groups is 4. The van der Waals surface area contributed by atoms with Crippen molar-refractivity contribution in [3.63, 3.8) is 0 Å². The number of para-hydroxylation sites is 2. The standard InChI is InChI=1S/C31H40N4O6/c1-4-5-6-7-8-9-10-11-12-13-16-21-19-20-24(40-21)26(36)25(35-28(38)31(2,3)41-30(35)39)27(37)34-29-32-22-17-14-15-18-23(22)33-29/h14-15,17-20,25H,4-13,16H2,1-3H3,(H2,32,33,34,37). The van der Waals surface area contributed by atoms with Crippen LogP contribution >= 0.6 is 0 Å². The van der Waals surface area contributed by atoms with Gasteiger partial charge in [-0.1, -0.05) is 76.8 Å². The van der Waals surface area contributed by atoms with Crippen molar-refractivity contribution in [3.8, 4) is 0 Å². The van der Waals surface area contributed by atoms with Gasteiger partial charge in [0, 0.05) is 6.42 Å². The van der Waals surface area contributed by atoms with Gasteiger partial charge in [-0.25, -0.2) is 14.7 Å². The number of ketones is 1. The quantitative estimate of drug-likeness (QED) is 0.114. The number of carbonyl (C=O) groups excluding carboxylic acids is 4. The molecule has 0 spiro atoms. The van der Waals surface area contributed by atoms with Crippen molar-refractivity contribution >= 4 is 40.7 Å². The minimum Gasteiger partial charge on any atom is -0.458 e. The van der Waals surface area contributed by atoms with Crippen LogP contribution in [0.3, 0.4) is 0 Å². The van der Waals surface area contributed by atoms with Gasteiger partial charge in [0.15, 0.2) is 17.4 Å². The van der Waals surface area contributed by atoms with E-state index in [1.54, 1.807) is 24.3 Å². The number of aryl methyl sites for hydroxylation is 1. The number of imide groups is 1. The summed E-state index contributed by atoms with van der Waals surface area (Å²) in [5.41, 5.74) is -0.240. The molecule has 41 heavy (non-hydrogen) atoms. The fraction of sp³-hybridized carbons (Fsp3) is 0.516. The van der Waals surface area contributed by atoms with E-state index in [1.165, 1.54) is 64.9 Å². The molecule has 10 nitrogen and oxygen atoms in total. The third kappa shape index (κ3) is 7.42. The molecule has 1 aliphatic heterocycles. The zero-order chi connectivity index (χ0) is 29.4. The Balaban J connectivity index is 1.40. The minimum atomic E-state index is -1.83. The maximum absolute atomic E-state index is 13.6. The van der Waals surface area contributed by atoms with Crippen molar-refractivity contribution in [1.82, 2.24) is 14.9 Å². The highest BCUT2D eigenvalue weighted by Crippen LogP contribution is 2.28. The number of nitrogens with one attached hydrogen (secondary N) is 2. The van der Waals surface area contributed by atoms with Crippen molar-refractivity contribution < 1.29 is 28.3 Å². The van der Waals surface area contributed by atoms with Gasteiger partial charge < -0.3 is 14.1 Å². The lowest BCUT2D eigenvalue weighted by Gasteiger charge is -2.21. The number of aromatic amines is 1. The van der Waals surface area contributed by atoms with E-state index in [0.29, 0.717) is 28.1 Å². The van der Waals surface area contributed by atoms with Crippen LogP contribution < -0.4 is 5.32 Å². The molecule has 0 saturated carbocycles. The number of amides is 3. The Kier molecular flexibility index (Phi) is 9.96. The number of H-pyrrole nitrogens is 1. The van der Waals surface area contributed by atoms with Crippen LogP contribution in [0.4, 0.5) is 10.7 Å². The van der Waals surface area contributed by atoms with Crippen LogP contribution in [0, 0.1) is 0 Å². The Hall–Kier alpha value is -3.95. The third-order valence-corrected chi connectivity index (χ3v) is 7.34. The number of nitrogens with zero attached hydrogens (tertiary/aromatic N) is 2. The molecule has 1 atom stereocenters. The summed E-state index contributed by atoms with van der Waals surface area (Å²) in [5.74, 6) is -1.95. The molecule has 1 unspecified atom stereocenters. The predicted molar refractivity (Wildman–Crippen MR) is 155 cm³/mol. The molecule has 3 aromatic rings. The second-order valence-electron chi connectivity index (χ2n) is 11.1. The maximum Gasteiger partial charge on any atom is 0.418 e. The van der Waals surface area contributed by atoms with Gasteiger partial charge in [0.2, 0.25) is 11.7 Å². The monoisotopic (exact) mass is 564 g/mol. The molecule has 3 heterocycles. The van der Waals surface area contributed by atoms with Crippen molar-refractivity contribution in [2.75, 3.05) is 5.32 Å². The van der Waals surface area contributed by atoms with Crippen LogP contribution in [0.25, 0.3) is 11.0 Å². The zero-order valence-corrected chi connectivity index (χ0v) is 24.2. The Morgan fingerprint density at radius 3 is 2.24 bits per heavy atom. The first-order valence-electron chi connectivity index (χ1n) is 14.7. The summed E-state index contributed by atoms with van der Waals surface area (Å²) in [7, 11) is 0. The fourth-order valence-corrected chi connectivity index (χ4v) is 5.02. The smallest absolute Gasteiger partial charge is 0.418 e. The number of anilines is 1. The molecular weight excluding hydrogens is 524 g/mol. The molecule has 2 aromatic heterocycles. The predicted octanol–water partition coefficient (Wildman–Crippen LogP) is 6.57. The zero-order valence-electron chi connectivity index (χ0n) is 24.2. The van der Waals surface area contributed by atoms with Gasteiger partial charge in [0.05, 0.1) is 11.0 Å². The average Bonchev–Trinajstić information content (AvgIpc) is 3.62. The van der Waals surface area contributed by atoms with Gasteiger partial charge in [0.1, 0.15) is 5.76 Å². The van der Waals surface area contributed by atoms with Crippen molar-refractivity contribution in [2.45, 2.75) is 103 Å². The second kappa shape index (κ2) is 13.6. The fourth-order valence-electron chi connectivity index (χ4n) is 5.02. The maximum atomic E-state index is 13.6. The van der Waals surface area contributed by atoms with E-state index >= 15 is 0 Å². The van der Waals surface area contributed by atoms with Gasteiger partial charge in [-0.3, -0.25) is 19.7 Å². The van der Waals surface area contributed by atoms with Crippen LogP contribution in [-0.4, -0.2) is 50.2 Å². The number of imidazole rings is 1. The van der Waals surface area contributed by atoms with E-state index in [9.17, 15) is 19.2 Å². The van der Waals surface area contributed by atoms with Crippen LogP contribution in [0.2, 0.25) is 0 Å². The van der Waals surface area contributed by atoms with Gasteiger partial charge in [-0.15, -0.1) is 0 Å². The summed E-state index contributed by atoms with van der Waals surface area (Å²) in [5, 5.41) is 2.54. The largest absolute Gasteiger partial charge is 0.458 e. The van der Waals surface area contributed by atoms with E-state index in [0.717, 1.165) is 19.3 Å². The molecule has 0 bridgehead atoms. The molecule has 4 rings (SSSR count). The van der Waals surface area contributed by atoms with E-state index in [-0.39, 0.29) is 11.7 Å². The molecule has 1 saturated heterocycles. The lowest BCUT2D eigenvalue weighted by atomic mass is 10.0. The molecule has 3 amide bonds. The molecule has 220 valence electrons. The van der Waals surface area contributed by atoms with Crippen molar-refractivity contribution in [1.29, 1.82) is 0 Å². The minimum absolute atomic E-state index is 0.0781. The Morgan fingerprint density at radius 1 is 0.951 bits per heavy atom. The summed E-state index contributed by atoms with van der Waals surface area (Å²) in [6.07, 6.45) is 11.7. The summed E-state index contributed by atoms with van der Waals surface area (Å²) in [6, 6.07) is 8.49. The number of aromatic nitrogens is 2. The summed E-state index contributed by atoms with van der Waals surface area (Å²) >= 11 is 0.